The van der Waals surface area contributed by atoms with E-state index in [1.165, 1.54) is 0 Å². The molecule has 0 aliphatic carbocycles. The molecule has 0 aliphatic rings. The summed E-state index contributed by atoms with van der Waals surface area (Å²) in [5.74, 6) is 1.64. The van der Waals surface area contributed by atoms with Gasteiger partial charge < -0.3 is 5.73 Å². The third-order valence-corrected chi connectivity index (χ3v) is 4.20. The van der Waals surface area contributed by atoms with E-state index in [2.05, 4.69) is 0 Å². The van der Waals surface area contributed by atoms with E-state index >= 15 is 0 Å². The highest BCUT2D eigenvalue weighted by Crippen LogP contribution is 2.16. The zero-order valence-electron chi connectivity index (χ0n) is 8.45. The van der Waals surface area contributed by atoms with E-state index in [4.69, 9.17) is 5.73 Å². The van der Waals surface area contributed by atoms with Crippen molar-refractivity contribution in [3.63, 3.8) is 0 Å². The lowest BCUT2D eigenvalue weighted by Gasteiger charge is -2.04. The maximum absolute atomic E-state index is 11.7. The van der Waals surface area contributed by atoms with E-state index in [1.807, 2.05) is 31.4 Å². The molecule has 0 aliphatic heterocycles. The predicted octanol–water partition coefficient (Wildman–Crippen LogP) is 2.05. The van der Waals surface area contributed by atoms with Gasteiger partial charge in [-0.25, -0.2) is 0 Å². The van der Waals surface area contributed by atoms with Crippen LogP contribution in [0.15, 0.2) is 23.1 Å². The van der Waals surface area contributed by atoms with Crippen LogP contribution in [0, 0.1) is 6.92 Å². The highest BCUT2D eigenvalue weighted by molar-refractivity contribution is 7.99. The van der Waals surface area contributed by atoms with E-state index in [9.17, 15) is 4.21 Å². The van der Waals surface area contributed by atoms with Crippen LogP contribution in [0.4, 0.5) is 5.69 Å². The fourth-order valence-corrected chi connectivity index (χ4v) is 3.10. The van der Waals surface area contributed by atoms with Gasteiger partial charge in [0, 0.05) is 22.1 Å². The van der Waals surface area contributed by atoms with Crippen LogP contribution < -0.4 is 5.73 Å². The number of nitrogens with two attached hydrogens (primary N) is 1. The first-order valence-electron chi connectivity index (χ1n) is 4.38. The molecule has 1 aromatic carbocycles. The summed E-state index contributed by atoms with van der Waals surface area (Å²) in [6.45, 7) is 1.94. The Balaban J connectivity index is 2.76. The second kappa shape index (κ2) is 5.41. The van der Waals surface area contributed by atoms with Crippen molar-refractivity contribution in [3.8, 4) is 0 Å². The van der Waals surface area contributed by atoms with Gasteiger partial charge in [0.15, 0.2) is 0 Å². The molecule has 1 atom stereocenters. The van der Waals surface area contributed by atoms with E-state index in [1.54, 1.807) is 11.8 Å². The van der Waals surface area contributed by atoms with Gasteiger partial charge in [-0.1, -0.05) is 0 Å². The zero-order valence-corrected chi connectivity index (χ0v) is 10.1. The Morgan fingerprint density at radius 3 is 2.79 bits per heavy atom. The topological polar surface area (TPSA) is 43.1 Å². The van der Waals surface area contributed by atoms with Crippen molar-refractivity contribution in [2.45, 2.75) is 11.8 Å². The lowest BCUT2D eigenvalue weighted by Crippen LogP contribution is -2.01. The van der Waals surface area contributed by atoms with Gasteiger partial charge in [0.1, 0.15) is 0 Å². The van der Waals surface area contributed by atoms with Crippen LogP contribution in [0.3, 0.4) is 0 Å². The minimum atomic E-state index is -0.878. The molecular formula is C10H15NOS2. The molecule has 1 unspecified atom stereocenters. The predicted molar refractivity (Wildman–Crippen MR) is 65.2 cm³/mol. The number of benzene rings is 1. The summed E-state index contributed by atoms with van der Waals surface area (Å²) in [5, 5.41) is 0. The zero-order chi connectivity index (χ0) is 10.6. The highest BCUT2D eigenvalue weighted by atomic mass is 32.2. The highest BCUT2D eigenvalue weighted by Gasteiger charge is 2.04. The van der Waals surface area contributed by atoms with Gasteiger partial charge in [-0.05, 0) is 36.9 Å². The normalized spacial score (nSPS) is 12.7. The molecule has 1 rings (SSSR count). The molecule has 0 fully saturated rings. The van der Waals surface area contributed by atoms with Gasteiger partial charge in [-0.2, -0.15) is 11.8 Å². The second-order valence-corrected chi connectivity index (χ2v) is 5.62. The van der Waals surface area contributed by atoms with Gasteiger partial charge in [-0.3, -0.25) is 4.21 Å². The van der Waals surface area contributed by atoms with Crippen LogP contribution in [-0.2, 0) is 10.8 Å². The lowest BCUT2D eigenvalue weighted by atomic mass is 10.2. The molecular weight excluding hydrogens is 214 g/mol. The SMILES string of the molecule is CSCCS(=O)c1ccc(N)c(C)c1. The molecule has 0 heterocycles. The quantitative estimate of drug-likeness (QED) is 0.804. The van der Waals surface area contributed by atoms with Crippen LogP contribution in [0.1, 0.15) is 5.56 Å². The minimum Gasteiger partial charge on any atom is -0.399 e. The molecule has 0 bridgehead atoms. The number of hydrogen-bond donors (Lipinski definition) is 1. The van der Waals surface area contributed by atoms with E-state index in [0.29, 0.717) is 5.75 Å². The molecule has 4 heteroatoms. The van der Waals surface area contributed by atoms with Gasteiger partial charge in [0.25, 0.3) is 0 Å². The third kappa shape index (κ3) is 3.03. The molecule has 1 aromatic rings. The molecule has 0 amide bonds. The van der Waals surface area contributed by atoms with Crippen molar-refractivity contribution in [2.24, 2.45) is 0 Å². The number of thioether (sulfide) groups is 1. The average Bonchev–Trinajstić information content (AvgIpc) is 2.18. The van der Waals surface area contributed by atoms with Crippen molar-refractivity contribution >= 4 is 28.2 Å². The Hall–Kier alpha value is -0.480. The van der Waals surface area contributed by atoms with Gasteiger partial charge in [0.2, 0.25) is 0 Å². The van der Waals surface area contributed by atoms with E-state index < -0.39 is 10.8 Å². The number of anilines is 1. The summed E-state index contributed by atoms with van der Waals surface area (Å²) >= 11 is 1.71. The lowest BCUT2D eigenvalue weighted by molar-refractivity contribution is 0.684. The molecule has 14 heavy (non-hydrogen) atoms. The summed E-state index contributed by atoms with van der Waals surface area (Å²) in [4.78, 5) is 0.880. The third-order valence-electron chi connectivity index (χ3n) is 1.98. The van der Waals surface area contributed by atoms with Crippen molar-refractivity contribution in [1.82, 2.24) is 0 Å². The Morgan fingerprint density at radius 1 is 1.50 bits per heavy atom. The molecule has 0 radical (unpaired) electrons. The van der Waals surface area contributed by atoms with Crippen LogP contribution in [0.2, 0.25) is 0 Å². The largest absolute Gasteiger partial charge is 0.399 e. The first-order chi connectivity index (χ1) is 6.65. The van der Waals surface area contributed by atoms with Gasteiger partial charge in [0.05, 0.1) is 10.8 Å². The summed E-state index contributed by atoms with van der Waals surface area (Å²) in [7, 11) is -0.878. The van der Waals surface area contributed by atoms with Gasteiger partial charge >= 0.3 is 0 Å². The molecule has 0 aromatic heterocycles. The number of aryl methyl sites for hydroxylation is 1. The van der Waals surface area contributed by atoms with Crippen LogP contribution >= 0.6 is 11.8 Å². The fourth-order valence-electron chi connectivity index (χ4n) is 1.07. The summed E-state index contributed by atoms with van der Waals surface area (Å²) < 4.78 is 11.7. The average molecular weight is 229 g/mol. The van der Waals surface area contributed by atoms with E-state index in [-0.39, 0.29) is 0 Å². The van der Waals surface area contributed by atoms with Crippen molar-refractivity contribution in [1.29, 1.82) is 0 Å². The molecule has 0 saturated heterocycles. The van der Waals surface area contributed by atoms with Crippen LogP contribution in [0.5, 0.6) is 0 Å². The van der Waals surface area contributed by atoms with Crippen molar-refractivity contribution in [3.05, 3.63) is 23.8 Å². The molecule has 2 nitrogen and oxygen atoms in total. The molecule has 0 spiro atoms. The Labute approximate surface area is 91.7 Å². The van der Waals surface area contributed by atoms with Crippen molar-refractivity contribution in [2.75, 3.05) is 23.5 Å². The number of hydrogen-bond acceptors (Lipinski definition) is 3. The molecule has 78 valence electrons. The first-order valence-corrected chi connectivity index (χ1v) is 7.10. The molecule has 2 N–H and O–H groups in total. The van der Waals surface area contributed by atoms with Crippen LogP contribution in [-0.4, -0.2) is 22.0 Å². The number of rotatable bonds is 4. The summed E-state index contributed by atoms with van der Waals surface area (Å²) in [5.41, 5.74) is 7.45. The van der Waals surface area contributed by atoms with Crippen molar-refractivity contribution < 1.29 is 4.21 Å². The fraction of sp³-hybridized carbons (Fsp3) is 0.400. The Bertz CT molecular complexity index is 339. The summed E-state index contributed by atoms with van der Waals surface area (Å²) in [6, 6.07) is 5.58. The standard InChI is InChI=1S/C10H15NOS2/c1-8-7-9(3-4-10(8)11)14(12)6-5-13-2/h3-4,7H,5-6,11H2,1-2H3. The smallest absolute Gasteiger partial charge is 0.0537 e. The first kappa shape index (κ1) is 11.6. The maximum atomic E-state index is 11.7. The maximum Gasteiger partial charge on any atom is 0.0537 e. The summed E-state index contributed by atoms with van der Waals surface area (Å²) in [6.07, 6.45) is 2.02. The van der Waals surface area contributed by atoms with Gasteiger partial charge in [-0.15, -0.1) is 0 Å². The Morgan fingerprint density at radius 2 is 2.21 bits per heavy atom. The van der Waals surface area contributed by atoms with Crippen LogP contribution in [0.25, 0.3) is 0 Å². The Kier molecular flexibility index (Phi) is 4.48. The molecule has 0 saturated carbocycles. The van der Waals surface area contributed by atoms with E-state index in [0.717, 1.165) is 21.9 Å². The minimum absolute atomic E-state index is 0.713. The number of nitrogen functional groups attached to an aromatic ring is 1. The second-order valence-electron chi connectivity index (χ2n) is 3.06. The monoisotopic (exact) mass is 229 g/mol.